The number of nitriles is 1. The maximum atomic E-state index is 11.6. The number of guanidine groups is 1. The largest absolute Gasteiger partial charge is 0.444 e. The Morgan fingerprint density at radius 2 is 1.80 bits per heavy atom. The Kier molecular flexibility index (Phi) is 8.27. The fourth-order valence-corrected chi connectivity index (χ4v) is 1.86. The van der Waals surface area contributed by atoms with Gasteiger partial charge in [-0.15, -0.1) is 0 Å². The van der Waals surface area contributed by atoms with Crippen molar-refractivity contribution in [1.82, 2.24) is 16.0 Å². The van der Waals surface area contributed by atoms with Crippen LogP contribution in [0.4, 0.5) is 4.79 Å². The van der Waals surface area contributed by atoms with Crippen LogP contribution in [-0.4, -0.2) is 37.3 Å². The minimum Gasteiger partial charge on any atom is -0.444 e. The Hall–Kier alpha value is -2.75. The third-order valence-corrected chi connectivity index (χ3v) is 2.93. The fraction of sp³-hybridized carbons (Fsp3) is 0.500. The normalized spacial score (nSPS) is 11.4. The van der Waals surface area contributed by atoms with Gasteiger partial charge in [-0.2, -0.15) is 5.26 Å². The molecule has 1 rings (SSSR count). The maximum Gasteiger partial charge on any atom is 0.407 e. The molecule has 0 radical (unpaired) electrons. The molecule has 1 aromatic rings. The van der Waals surface area contributed by atoms with Crippen LogP contribution in [0.1, 0.15) is 38.8 Å². The van der Waals surface area contributed by atoms with Gasteiger partial charge in [-0.1, -0.05) is 12.1 Å². The zero-order valence-corrected chi connectivity index (χ0v) is 15.3. The molecular formula is C18H27N5O2. The number of aliphatic imine (C=N–C) groups is 1. The summed E-state index contributed by atoms with van der Waals surface area (Å²) < 4.78 is 5.17. The molecule has 0 aliphatic carbocycles. The lowest BCUT2D eigenvalue weighted by Gasteiger charge is -2.19. The summed E-state index contributed by atoms with van der Waals surface area (Å²) in [6.45, 7) is 9.64. The van der Waals surface area contributed by atoms with E-state index in [1.807, 2.05) is 39.8 Å². The Bertz CT molecular complexity index is 612. The van der Waals surface area contributed by atoms with Crippen molar-refractivity contribution in [3.63, 3.8) is 0 Å². The van der Waals surface area contributed by atoms with Crippen LogP contribution in [-0.2, 0) is 11.3 Å². The van der Waals surface area contributed by atoms with E-state index in [0.29, 0.717) is 31.2 Å². The van der Waals surface area contributed by atoms with E-state index in [0.717, 1.165) is 12.1 Å². The Morgan fingerprint density at radius 1 is 1.16 bits per heavy atom. The second kappa shape index (κ2) is 10.2. The highest BCUT2D eigenvalue weighted by Gasteiger charge is 2.15. The molecule has 0 spiro atoms. The summed E-state index contributed by atoms with van der Waals surface area (Å²) in [5.74, 6) is 0.665. The van der Waals surface area contributed by atoms with Gasteiger partial charge < -0.3 is 20.7 Å². The molecule has 0 aliphatic rings. The molecule has 0 saturated carbocycles. The molecular weight excluding hydrogens is 318 g/mol. The first-order valence-corrected chi connectivity index (χ1v) is 8.32. The Labute approximate surface area is 149 Å². The number of nitrogens with one attached hydrogen (secondary N) is 3. The summed E-state index contributed by atoms with van der Waals surface area (Å²) in [4.78, 5) is 16.0. The molecule has 25 heavy (non-hydrogen) atoms. The van der Waals surface area contributed by atoms with Crippen LogP contribution in [0.3, 0.4) is 0 Å². The van der Waals surface area contributed by atoms with E-state index in [1.165, 1.54) is 0 Å². The minimum absolute atomic E-state index is 0.427. The van der Waals surface area contributed by atoms with Gasteiger partial charge in [0.2, 0.25) is 0 Å². The summed E-state index contributed by atoms with van der Waals surface area (Å²) in [7, 11) is 0. The minimum atomic E-state index is -0.505. The molecule has 0 aromatic heterocycles. The molecule has 0 unspecified atom stereocenters. The lowest BCUT2D eigenvalue weighted by atomic mass is 10.1. The number of benzene rings is 1. The molecule has 7 nitrogen and oxygen atoms in total. The highest BCUT2D eigenvalue weighted by atomic mass is 16.6. The first-order valence-electron chi connectivity index (χ1n) is 8.32. The second-order valence-corrected chi connectivity index (χ2v) is 6.36. The van der Waals surface area contributed by atoms with Crippen LogP contribution in [0, 0.1) is 11.3 Å². The predicted molar refractivity (Wildman–Crippen MR) is 98.2 cm³/mol. The Morgan fingerprint density at radius 3 is 2.36 bits per heavy atom. The summed E-state index contributed by atoms with van der Waals surface area (Å²) in [6.07, 6.45) is -0.436. The SMILES string of the molecule is CCNC(=NCc1ccc(C#N)cc1)NCCNC(=O)OC(C)(C)C. The second-order valence-electron chi connectivity index (χ2n) is 6.36. The first kappa shape index (κ1) is 20.3. The molecule has 0 saturated heterocycles. The van der Waals surface area contributed by atoms with Crippen LogP contribution in [0.15, 0.2) is 29.3 Å². The van der Waals surface area contributed by atoms with Crippen LogP contribution < -0.4 is 16.0 Å². The molecule has 136 valence electrons. The number of alkyl carbamates (subject to hydrolysis) is 1. The highest BCUT2D eigenvalue weighted by molar-refractivity contribution is 5.79. The number of rotatable bonds is 6. The van der Waals surface area contributed by atoms with Crippen molar-refractivity contribution in [2.24, 2.45) is 4.99 Å². The van der Waals surface area contributed by atoms with Crippen LogP contribution in [0.2, 0.25) is 0 Å². The van der Waals surface area contributed by atoms with Crippen molar-refractivity contribution in [2.45, 2.75) is 39.8 Å². The lowest BCUT2D eigenvalue weighted by molar-refractivity contribution is 0.0529. The number of hydrogen-bond acceptors (Lipinski definition) is 4. The van der Waals surface area contributed by atoms with Crippen molar-refractivity contribution < 1.29 is 9.53 Å². The van der Waals surface area contributed by atoms with E-state index in [9.17, 15) is 4.79 Å². The molecule has 0 atom stereocenters. The van der Waals surface area contributed by atoms with Crippen LogP contribution in [0.5, 0.6) is 0 Å². The summed E-state index contributed by atoms with van der Waals surface area (Å²) in [5, 5.41) is 17.8. The third-order valence-electron chi connectivity index (χ3n) is 2.93. The summed E-state index contributed by atoms with van der Waals surface area (Å²) in [5.41, 5.74) is 1.14. The van der Waals surface area contributed by atoms with Gasteiger partial charge in [-0.3, -0.25) is 0 Å². The standard InChI is InChI=1S/C18H27N5O2/c1-5-20-16(21-10-11-22-17(24)25-18(2,3)4)23-13-15-8-6-14(12-19)7-9-15/h6-9H,5,10-11,13H2,1-4H3,(H,22,24)(H2,20,21,23). The van der Waals surface area contributed by atoms with Gasteiger partial charge >= 0.3 is 6.09 Å². The highest BCUT2D eigenvalue weighted by Crippen LogP contribution is 2.06. The topological polar surface area (TPSA) is 98.5 Å². The van der Waals surface area contributed by atoms with Gasteiger partial charge in [0, 0.05) is 19.6 Å². The van der Waals surface area contributed by atoms with Gasteiger partial charge in [-0.25, -0.2) is 9.79 Å². The number of carbonyl (C=O) groups is 1. The van der Waals surface area contributed by atoms with Gasteiger partial charge in [0.1, 0.15) is 5.60 Å². The molecule has 0 heterocycles. The van der Waals surface area contributed by atoms with E-state index in [2.05, 4.69) is 27.0 Å². The van der Waals surface area contributed by atoms with Crippen molar-refractivity contribution in [3.05, 3.63) is 35.4 Å². The van der Waals surface area contributed by atoms with E-state index in [1.54, 1.807) is 12.1 Å². The smallest absolute Gasteiger partial charge is 0.407 e. The van der Waals surface area contributed by atoms with Crippen molar-refractivity contribution >= 4 is 12.1 Å². The zero-order chi connectivity index (χ0) is 18.7. The summed E-state index contributed by atoms with van der Waals surface area (Å²) in [6, 6.07) is 9.41. The number of carbonyl (C=O) groups excluding carboxylic acids is 1. The van der Waals surface area contributed by atoms with E-state index in [4.69, 9.17) is 10.00 Å². The molecule has 0 fully saturated rings. The zero-order valence-electron chi connectivity index (χ0n) is 15.3. The van der Waals surface area contributed by atoms with Crippen molar-refractivity contribution in [2.75, 3.05) is 19.6 Å². The molecule has 3 N–H and O–H groups in total. The average molecular weight is 345 g/mol. The van der Waals surface area contributed by atoms with Crippen molar-refractivity contribution in [1.29, 1.82) is 5.26 Å². The molecule has 0 bridgehead atoms. The lowest BCUT2D eigenvalue weighted by Crippen LogP contribution is -2.42. The van der Waals surface area contributed by atoms with Crippen LogP contribution in [0.25, 0.3) is 0 Å². The quantitative estimate of drug-likeness (QED) is 0.417. The third kappa shape index (κ3) is 9.20. The number of ether oxygens (including phenoxy) is 1. The number of nitrogens with zero attached hydrogens (tertiary/aromatic N) is 2. The first-order chi connectivity index (χ1) is 11.8. The number of amides is 1. The van der Waals surface area contributed by atoms with Gasteiger partial charge in [0.25, 0.3) is 0 Å². The number of hydrogen-bond donors (Lipinski definition) is 3. The molecule has 7 heteroatoms. The molecule has 0 aliphatic heterocycles. The Balaban J connectivity index is 2.42. The summed E-state index contributed by atoms with van der Waals surface area (Å²) >= 11 is 0. The van der Waals surface area contributed by atoms with Crippen LogP contribution >= 0.6 is 0 Å². The monoisotopic (exact) mass is 345 g/mol. The maximum absolute atomic E-state index is 11.6. The van der Waals surface area contributed by atoms with Gasteiger partial charge in [0.05, 0.1) is 18.2 Å². The van der Waals surface area contributed by atoms with E-state index in [-0.39, 0.29) is 0 Å². The van der Waals surface area contributed by atoms with E-state index >= 15 is 0 Å². The molecule has 1 aromatic carbocycles. The van der Waals surface area contributed by atoms with Crippen molar-refractivity contribution in [3.8, 4) is 6.07 Å². The van der Waals surface area contributed by atoms with E-state index < -0.39 is 11.7 Å². The van der Waals surface area contributed by atoms with Gasteiger partial charge in [0.15, 0.2) is 5.96 Å². The fourth-order valence-electron chi connectivity index (χ4n) is 1.86. The van der Waals surface area contributed by atoms with Gasteiger partial charge in [-0.05, 0) is 45.4 Å². The average Bonchev–Trinajstić information content (AvgIpc) is 2.55. The molecule has 1 amide bonds. The predicted octanol–water partition coefficient (Wildman–Crippen LogP) is 2.14.